The van der Waals surface area contributed by atoms with E-state index in [9.17, 15) is 4.79 Å². The summed E-state index contributed by atoms with van der Waals surface area (Å²) in [4.78, 5) is 23.2. The number of aliphatic imine (C=N–C) groups is 1. The molecule has 0 saturated carbocycles. The minimum absolute atomic E-state index is 0.171. The van der Waals surface area contributed by atoms with Gasteiger partial charge in [-0.15, -0.1) is 0 Å². The van der Waals surface area contributed by atoms with Crippen molar-refractivity contribution in [2.24, 2.45) is 4.99 Å². The van der Waals surface area contributed by atoms with Gasteiger partial charge in [-0.1, -0.05) is 6.07 Å². The smallest absolute Gasteiger partial charge is 0.250 e. The summed E-state index contributed by atoms with van der Waals surface area (Å²) in [6.45, 7) is 2.79. The summed E-state index contributed by atoms with van der Waals surface area (Å²) < 4.78 is 0. The van der Waals surface area contributed by atoms with Crippen LogP contribution in [0.2, 0.25) is 0 Å². The van der Waals surface area contributed by atoms with E-state index in [1.54, 1.807) is 4.90 Å². The number of aryl methyl sites for hydroxylation is 1. The number of hydrogen-bond acceptors (Lipinski definition) is 3. The van der Waals surface area contributed by atoms with E-state index in [2.05, 4.69) is 4.98 Å². The summed E-state index contributed by atoms with van der Waals surface area (Å²) in [5.41, 5.74) is 2.43. The van der Waals surface area contributed by atoms with E-state index in [0.717, 1.165) is 42.9 Å². The second kappa shape index (κ2) is 3.90. The number of pyridine rings is 1. The topological polar surface area (TPSA) is 45.6 Å². The fourth-order valence-corrected chi connectivity index (χ4v) is 2.84. The fourth-order valence-electron chi connectivity index (χ4n) is 2.84. The molecule has 2 aliphatic heterocycles. The van der Waals surface area contributed by atoms with Crippen LogP contribution in [0, 0.1) is 6.92 Å². The maximum Gasteiger partial charge on any atom is 0.250 e. The second-order valence-electron chi connectivity index (χ2n) is 5.23. The first kappa shape index (κ1) is 11.4. The SMILES string of the molecule is Cc1cccc(C2=NC3(CC2)CCN(C)C3=O)n1. The van der Waals surface area contributed by atoms with Crippen LogP contribution in [0.4, 0.5) is 0 Å². The van der Waals surface area contributed by atoms with Gasteiger partial charge in [0.1, 0.15) is 5.54 Å². The van der Waals surface area contributed by atoms with Gasteiger partial charge in [-0.2, -0.15) is 0 Å². The fraction of sp³-hybridized carbons (Fsp3) is 0.500. The van der Waals surface area contributed by atoms with Crippen molar-refractivity contribution < 1.29 is 4.79 Å². The molecular formula is C14H17N3O. The van der Waals surface area contributed by atoms with Gasteiger partial charge in [-0.05, 0) is 38.3 Å². The van der Waals surface area contributed by atoms with Crippen molar-refractivity contribution in [2.45, 2.75) is 31.7 Å². The van der Waals surface area contributed by atoms with E-state index in [-0.39, 0.29) is 5.91 Å². The molecular weight excluding hydrogens is 226 g/mol. The molecule has 0 radical (unpaired) electrons. The number of carbonyl (C=O) groups is 1. The lowest BCUT2D eigenvalue weighted by Gasteiger charge is -2.16. The molecule has 0 aliphatic carbocycles. The number of likely N-dealkylation sites (N-methyl/N-ethyl adjacent to an activating group) is 1. The maximum absolute atomic E-state index is 12.2. The predicted octanol–water partition coefficient (Wildman–Crippen LogP) is 1.57. The first-order chi connectivity index (χ1) is 8.61. The quantitative estimate of drug-likeness (QED) is 0.751. The number of amides is 1. The molecule has 2 aliphatic rings. The van der Waals surface area contributed by atoms with Gasteiger partial charge in [0.05, 0.1) is 11.4 Å². The summed E-state index contributed by atoms with van der Waals surface area (Å²) in [5, 5.41) is 0. The van der Waals surface area contributed by atoms with Crippen LogP contribution in [0.15, 0.2) is 23.2 Å². The Kier molecular flexibility index (Phi) is 2.47. The molecule has 1 saturated heterocycles. The first-order valence-electron chi connectivity index (χ1n) is 6.39. The first-order valence-corrected chi connectivity index (χ1v) is 6.39. The molecule has 4 nitrogen and oxygen atoms in total. The van der Waals surface area contributed by atoms with E-state index in [0.29, 0.717) is 0 Å². The third kappa shape index (κ3) is 1.64. The zero-order chi connectivity index (χ0) is 12.8. The number of likely N-dealkylation sites (tertiary alicyclic amines) is 1. The number of carbonyl (C=O) groups excluding carboxylic acids is 1. The molecule has 18 heavy (non-hydrogen) atoms. The monoisotopic (exact) mass is 243 g/mol. The molecule has 0 aromatic carbocycles. The Morgan fingerprint density at radius 3 is 2.83 bits per heavy atom. The second-order valence-corrected chi connectivity index (χ2v) is 5.23. The van der Waals surface area contributed by atoms with Gasteiger partial charge in [-0.3, -0.25) is 14.8 Å². The lowest BCUT2D eigenvalue weighted by atomic mass is 9.95. The molecule has 1 atom stereocenters. The third-order valence-corrected chi connectivity index (χ3v) is 3.91. The summed E-state index contributed by atoms with van der Waals surface area (Å²) in [7, 11) is 1.86. The van der Waals surface area contributed by atoms with Crippen LogP contribution in [0.5, 0.6) is 0 Å². The lowest BCUT2D eigenvalue weighted by Crippen LogP contribution is -2.35. The van der Waals surface area contributed by atoms with E-state index < -0.39 is 5.54 Å². The Balaban J connectivity index is 1.95. The molecule has 1 amide bonds. The molecule has 1 aromatic heterocycles. The highest BCUT2D eigenvalue weighted by molar-refractivity contribution is 6.04. The molecule has 0 N–H and O–H groups in total. The Bertz CT molecular complexity index is 538. The van der Waals surface area contributed by atoms with E-state index >= 15 is 0 Å². The lowest BCUT2D eigenvalue weighted by molar-refractivity contribution is -0.130. The Morgan fingerprint density at radius 1 is 1.33 bits per heavy atom. The van der Waals surface area contributed by atoms with E-state index in [1.165, 1.54) is 0 Å². The zero-order valence-corrected chi connectivity index (χ0v) is 10.8. The average Bonchev–Trinajstić information content (AvgIpc) is 2.91. The number of rotatable bonds is 1. The largest absolute Gasteiger partial charge is 0.344 e. The van der Waals surface area contributed by atoms with Crippen LogP contribution in [0.1, 0.15) is 30.7 Å². The van der Waals surface area contributed by atoms with Crippen LogP contribution in [-0.4, -0.2) is 40.6 Å². The highest BCUT2D eigenvalue weighted by atomic mass is 16.2. The highest BCUT2D eigenvalue weighted by Crippen LogP contribution is 2.36. The summed E-state index contributed by atoms with van der Waals surface area (Å²) >= 11 is 0. The van der Waals surface area contributed by atoms with Crippen LogP contribution < -0.4 is 0 Å². The highest BCUT2D eigenvalue weighted by Gasteiger charge is 2.48. The summed E-state index contributed by atoms with van der Waals surface area (Å²) in [5.74, 6) is 0.171. The molecule has 94 valence electrons. The molecule has 3 heterocycles. The van der Waals surface area contributed by atoms with Crippen LogP contribution in [0.3, 0.4) is 0 Å². The van der Waals surface area contributed by atoms with Crippen molar-refractivity contribution in [2.75, 3.05) is 13.6 Å². The molecule has 4 heteroatoms. The van der Waals surface area contributed by atoms with Crippen molar-refractivity contribution >= 4 is 11.6 Å². The molecule has 1 aromatic rings. The van der Waals surface area contributed by atoms with E-state index in [4.69, 9.17) is 4.99 Å². The van der Waals surface area contributed by atoms with Gasteiger partial charge < -0.3 is 4.90 Å². The van der Waals surface area contributed by atoms with Crippen LogP contribution >= 0.6 is 0 Å². The number of nitrogens with zero attached hydrogens (tertiary/aromatic N) is 3. The van der Waals surface area contributed by atoms with Crippen LogP contribution in [0.25, 0.3) is 0 Å². The van der Waals surface area contributed by atoms with Crippen molar-refractivity contribution in [3.8, 4) is 0 Å². The average molecular weight is 243 g/mol. The van der Waals surface area contributed by atoms with Gasteiger partial charge in [0.25, 0.3) is 0 Å². The summed E-state index contributed by atoms with van der Waals surface area (Å²) in [6, 6.07) is 5.95. The molecule has 1 fully saturated rings. The molecule has 3 rings (SSSR count). The van der Waals surface area contributed by atoms with Gasteiger partial charge in [0.15, 0.2) is 0 Å². The zero-order valence-electron chi connectivity index (χ0n) is 10.8. The standard InChI is InChI=1S/C14H17N3O/c1-10-4-3-5-11(15-10)12-6-7-14(16-12)8-9-17(2)13(14)18/h3-5H,6-9H2,1-2H3. The molecule has 0 bridgehead atoms. The number of hydrogen-bond donors (Lipinski definition) is 0. The number of aromatic nitrogens is 1. The Hall–Kier alpha value is -1.71. The van der Waals surface area contributed by atoms with Crippen molar-refractivity contribution in [3.63, 3.8) is 0 Å². The van der Waals surface area contributed by atoms with Crippen LogP contribution in [-0.2, 0) is 4.79 Å². The minimum Gasteiger partial charge on any atom is -0.344 e. The van der Waals surface area contributed by atoms with E-state index in [1.807, 2.05) is 32.2 Å². The summed E-state index contributed by atoms with van der Waals surface area (Å²) in [6.07, 6.45) is 2.54. The minimum atomic E-state index is -0.477. The molecule has 1 spiro atoms. The van der Waals surface area contributed by atoms with Gasteiger partial charge in [-0.25, -0.2) is 0 Å². The Labute approximate surface area is 107 Å². The van der Waals surface area contributed by atoms with Gasteiger partial charge in [0, 0.05) is 19.3 Å². The predicted molar refractivity (Wildman–Crippen MR) is 69.7 cm³/mol. The van der Waals surface area contributed by atoms with Crippen molar-refractivity contribution in [3.05, 3.63) is 29.6 Å². The third-order valence-electron chi connectivity index (χ3n) is 3.91. The van der Waals surface area contributed by atoms with Crippen molar-refractivity contribution in [1.29, 1.82) is 0 Å². The van der Waals surface area contributed by atoms with Crippen molar-refractivity contribution in [1.82, 2.24) is 9.88 Å². The van der Waals surface area contributed by atoms with Gasteiger partial charge in [0.2, 0.25) is 5.91 Å². The van der Waals surface area contributed by atoms with Gasteiger partial charge >= 0.3 is 0 Å². The normalized spacial score (nSPS) is 27.1. The maximum atomic E-state index is 12.2. The Morgan fingerprint density at radius 2 is 2.17 bits per heavy atom. The molecule has 1 unspecified atom stereocenters.